The second kappa shape index (κ2) is 26.2. The van der Waals surface area contributed by atoms with Crippen molar-refractivity contribution in [2.45, 2.75) is 0 Å². The molecule has 0 radical (unpaired) electrons. The lowest BCUT2D eigenvalue weighted by atomic mass is 9.96. The number of hydrogen-bond acceptors (Lipinski definition) is 6. The Kier molecular flexibility index (Phi) is 16.3. The van der Waals surface area contributed by atoms with Gasteiger partial charge in [-0.1, -0.05) is 194 Å². The van der Waals surface area contributed by atoms with Crippen LogP contribution in [-0.4, -0.2) is 0 Å². The zero-order valence-corrected chi connectivity index (χ0v) is 49.6. The van der Waals surface area contributed by atoms with Crippen LogP contribution in [0.3, 0.4) is 0 Å². The minimum atomic E-state index is 0.954. The molecule has 0 aliphatic carbocycles. The van der Waals surface area contributed by atoms with Gasteiger partial charge in [0.25, 0.3) is 0 Å². The number of benzene rings is 14. The summed E-state index contributed by atoms with van der Waals surface area (Å²) in [5.74, 6) is 0. The first-order valence-electron chi connectivity index (χ1n) is 30.5. The number of rotatable bonds is 19. The van der Waals surface area contributed by atoms with Gasteiger partial charge in [0.05, 0.1) is 17.1 Å². The van der Waals surface area contributed by atoms with E-state index in [1.807, 2.05) is 0 Å². The van der Waals surface area contributed by atoms with E-state index in [0.29, 0.717) is 0 Å². The summed E-state index contributed by atoms with van der Waals surface area (Å²) in [5, 5.41) is 0. The molecule has 14 rings (SSSR count). The van der Waals surface area contributed by atoms with Crippen LogP contribution in [0.25, 0.3) is 11.1 Å². The number of hydrogen-bond donors (Lipinski definition) is 0. The van der Waals surface area contributed by atoms with Crippen LogP contribution in [0.2, 0.25) is 0 Å². The van der Waals surface area contributed by atoms with Gasteiger partial charge < -0.3 is 29.4 Å². The highest BCUT2D eigenvalue weighted by molar-refractivity contribution is 6.02. The van der Waals surface area contributed by atoms with E-state index in [4.69, 9.17) is 0 Å². The smallest absolute Gasteiger partial charge is 0.0582 e. The van der Waals surface area contributed by atoms with E-state index in [-0.39, 0.29) is 0 Å². The molecule has 0 aliphatic rings. The summed E-state index contributed by atoms with van der Waals surface area (Å²) >= 11 is 0. The molecule has 0 heterocycles. The fourth-order valence-electron chi connectivity index (χ4n) is 12.1. The van der Waals surface area contributed by atoms with Crippen LogP contribution in [-0.2, 0) is 0 Å². The zero-order chi connectivity index (χ0) is 60.3. The molecule has 0 aliphatic heterocycles. The molecule has 0 saturated carbocycles. The molecule has 14 aromatic carbocycles. The molecule has 90 heavy (non-hydrogen) atoms. The molecule has 430 valence electrons. The Morgan fingerprint density at radius 2 is 0.267 bits per heavy atom. The molecule has 0 unspecified atom stereocenters. The van der Waals surface area contributed by atoms with Crippen molar-refractivity contribution in [1.82, 2.24) is 0 Å². The van der Waals surface area contributed by atoms with Crippen LogP contribution in [0.5, 0.6) is 0 Å². The van der Waals surface area contributed by atoms with Gasteiger partial charge in [0.2, 0.25) is 0 Å². The molecule has 0 fully saturated rings. The van der Waals surface area contributed by atoms with E-state index >= 15 is 0 Å². The average molecular weight is 1160 g/mol. The summed E-state index contributed by atoms with van der Waals surface area (Å²) in [4.78, 5) is 14.2. The maximum Gasteiger partial charge on any atom is 0.0582 e. The number of para-hydroxylation sites is 9. The molecule has 0 bridgehead atoms. The summed E-state index contributed by atoms with van der Waals surface area (Å²) in [5.41, 5.74) is 20.5. The van der Waals surface area contributed by atoms with Crippen molar-refractivity contribution in [2.75, 3.05) is 29.4 Å². The van der Waals surface area contributed by atoms with Crippen LogP contribution >= 0.6 is 0 Å². The first-order valence-corrected chi connectivity index (χ1v) is 30.5. The minimum Gasteiger partial charge on any atom is -0.311 e. The van der Waals surface area contributed by atoms with Gasteiger partial charge in [0.15, 0.2) is 0 Å². The van der Waals surface area contributed by atoms with Gasteiger partial charge >= 0.3 is 0 Å². The second-order valence-electron chi connectivity index (χ2n) is 21.8. The first kappa shape index (κ1) is 55.7. The highest BCUT2D eigenvalue weighted by atomic mass is 15.2. The molecule has 0 aromatic heterocycles. The first-order chi connectivity index (χ1) is 44.7. The molecule has 0 amide bonds. The lowest BCUT2D eigenvalue weighted by Gasteiger charge is -2.36. The Morgan fingerprint density at radius 1 is 0.122 bits per heavy atom. The largest absolute Gasteiger partial charge is 0.311 e. The van der Waals surface area contributed by atoms with Crippen molar-refractivity contribution >= 4 is 102 Å². The zero-order valence-electron chi connectivity index (χ0n) is 49.6. The Balaban J connectivity index is 1.02. The van der Waals surface area contributed by atoms with Crippen molar-refractivity contribution in [3.8, 4) is 11.1 Å². The Bertz CT molecular complexity index is 4220. The molecule has 6 heteroatoms. The fraction of sp³-hybridized carbons (Fsp3) is 0. The monoisotopic (exact) mass is 1160 g/mol. The van der Waals surface area contributed by atoms with Crippen molar-refractivity contribution < 1.29 is 0 Å². The standard InChI is InChI=1S/C84H64N6/c1-11-31-65(32-12-1)84-82(89(73-47-27-9-28-48-73)79-59-55-76(56-60-79)86(68-37-17-4-18-38-68)69-39-19-5-20-40-69)63-81(88(72-45-25-8-26-46-72)78-53-51-75(52-54-78)85(66-33-13-2-14-34-66)67-35-15-3-16-36-67)64-83(84)90(74-49-29-10-30-50-74)80-61-57-77(58-62-80)87(70-41-21-6-22-42-70)71-43-23-7-24-44-71/h1-64H. The number of nitrogens with zero attached hydrogens (tertiary/aromatic N) is 6. The van der Waals surface area contributed by atoms with Crippen LogP contribution in [0, 0.1) is 0 Å². The van der Waals surface area contributed by atoms with Gasteiger partial charge in [-0.2, -0.15) is 0 Å². The molecule has 0 saturated heterocycles. The highest BCUT2D eigenvalue weighted by Crippen LogP contribution is 2.53. The van der Waals surface area contributed by atoms with Gasteiger partial charge in [-0.3, -0.25) is 0 Å². The highest BCUT2D eigenvalue weighted by Gasteiger charge is 2.29. The SMILES string of the molecule is c1ccc(-c2c(N(c3ccccc3)c3ccc(N(c4ccccc4)c4ccccc4)cc3)cc(N(c3ccccc3)c3ccc(N(c4ccccc4)c4ccccc4)cc3)cc2N(c2ccccc2)c2ccc(N(c3ccccc3)c3ccccc3)cc2)cc1. The van der Waals surface area contributed by atoms with Gasteiger partial charge in [-0.25, -0.2) is 0 Å². The Hall–Kier alpha value is -12.1. The summed E-state index contributed by atoms with van der Waals surface area (Å²) in [7, 11) is 0. The predicted octanol–water partition coefficient (Wildman–Crippen LogP) is 24.2. The Labute approximate surface area is 528 Å². The lowest BCUT2D eigenvalue weighted by molar-refractivity contribution is 1.21. The van der Waals surface area contributed by atoms with Gasteiger partial charge in [0, 0.05) is 90.9 Å². The van der Waals surface area contributed by atoms with Crippen molar-refractivity contribution in [3.63, 3.8) is 0 Å². The van der Waals surface area contributed by atoms with Crippen molar-refractivity contribution in [1.29, 1.82) is 0 Å². The molecule has 0 atom stereocenters. The molecule has 0 N–H and O–H groups in total. The molecule has 6 nitrogen and oxygen atoms in total. The molecular formula is C84H64N6. The lowest BCUT2D eigenvalue weighted by Crippen LogP contribution is -2.18. The third kappa shape index (κ3) is 11.8. The van der Waals surface area contributed by atoms with Crippen molar-refractivity contribution in [2.24, 2.45) is 0 Å². The van der Waals surface area contributed by atoms with Crippen LogP contribution in [0.1, 0.15) is 0 Å². The number of anilines is 18. The van der Waals surface area contributed by atoms with E-state index in [2.05, 4.69) is 418 Å². The van der Waals surface area contributed by atoms with E-state index in [0.717, 1.165) is 113 Å². The molecule has 0 spiro atoms. The molecule has 14 aromatic rings. The van der Waals surface area contributed by atoms with Crippen LogP contribution < -0.4 is 29.4 Å². The maximum absolute atomic E-state index is 2.43. The average Bonchev–Trinajstić information content (AvgIpc) is 0.788. The summed E-state index contributed by atoms with van der Waals surface area (Å²) < 4.78 is 0. The summed E-state index contributed by atoms with van der Waals surface area (Å²) in [6.07, 6.45) is 0. The molecular weight excluding hydrogens is 1090 g/mol. The topological polar surface area (TPSA) is 19.4 Å². The van der Waals surface area contributed by atoms with Crippen molar-refractivity contribution in [3.05, 3.63) is 388 Å². The van der Waals surface area contributed by atoms with Crippen LogP contribution in [0.4, 0.5) is 102 Å². The maximum atomic E-state index is 2.43. The van der Waals surface area contributed by atoms with Crippen LogP contribution in [0.15, 0.2) is 388 Å². The normalized spacial score (nSPS) is 10.9. The Morgan fingerprint density at radius 3 is 0.467 bits per heavy atom. The summed E-state index contributed by atoms with van der Waals surface area (Å²) in [6, 6.07) is 139. The second-order valence-corrected chi connectivity index (χ2v) is 21.8. The predicted molar refractivity (Wildman–Crippen MR) is 380 cm³/mol. The van der Waals surface area contributed by atoms with E-state index in [1.54, 1.807) is 0 Å². The van der Waals surface area contributed by atoms with Gasteiger partial charge in [-0.05, 0) is 200 Å². The summed E-state index contributed by atoms with van der Waals surface area (Å²) in [6.45, 7) is 0. The van der Waals surface area contributed by atoms with E-state index in [9.17, 15) is 0 Å². The third-order valence-electron chi connectivity index (χ3n) is 16.1. The van der Waals surface area contributed by atoms with Gasteiger partial charge in [0.1, 0.15) is 0 Å². The third-order valence-corrected chi connectivity index (χ3v) is 16.1. The minimum absolute atomic E-state index is 0.954. The van der Waals surface area contributed by atoms with E-state index < -0.39 is 0 Å². The fourth-order valence-corrected chi connectivity index (χ4v) is 12.1. The quantitative estimate of drug-likeness (QED) is 0.0798. The van der Waals surface area contributed by atoms with Gasteiger partial charge in [-0.15, -0.1) is 0 Å². The van der Waals surface area contributed by atoms with E-state index in [1.165, 1.54) is 0 Å².